The lowest BCUT2D eigenvalue weighted by atomic mass is 10.2. The summed E-state index contributed by atoms with van der Waals surface area (Å²) in [7, 11) is 0. The van der Waals surface area contributed by atoms with Gasteiger partial charge < -0.3 is 4.74 Å². The summed E-state index contributed by atoms with van der Waals surface area (Å²) in [6.07, 6.45) is 1.43. The number of aryl methyl sites for hydroxylation is 2. The molecular weight excluding hydrogens is 438 g/mol. The van der Waals surface area contributed by atoms with Gasteiger partial charge in [0.2, 0.25) is 0 Å². The van der Waals surface area contributed by atoms with E-state index in [9.17, 15) is 14.4 Å². The number of rotatable bonds is 6. The Morgan fingerprint density at radius 3 is 2.50 bits per heavy atom. The number of aromatic nitrogens is 5. The molecule has 0 aliphatic heterocycles. The van der Waals surface area contributed by atoms with E-state index < -0.39 is 17.4 Å². The number of hydrazone groups is 1. The highest BCUT2D eigenvalue weighted by Gasteiger charge is 2.17. The molecule has 11 nitrogen and oxygen atoms in total. The number of H-pyrrole nitrogens is 1. The van der Waals surface area contributed by atoms with Crippen molar-refractivity contribution in [1.29, 1.82) is 0 Å². The van der Waals surface area contributed by atoms with Crippen LogP contribution in [0.1, 0.15) is 37.8 Å². The number of carbonyl (C=O) groups excluding carboxylic acids is 2. The summed E-state index contributed by atoms with van der Waals surface area (Å²) in [6, 6.07) is 16.8. The standard InChI is InChI=1S/C23H19N7O4/c1-14-12-19(30(29-14)23-25-20(31)15(2)26-28-23)21(32)27-24-13-16-8-10-18(11-9-16)34-22(33)17-6-4-3-5-7-17/h3-13H,1-2H3,(H,27,32)(H,25,28,31)/b24-13-. The lowest BCUT2D eigenvalue weighted by Crippen LogP contribution is -2.24. The van der Waals surface area contributed by atoms with E-state index >= 15 is 0 Å². The van der Waals surface area contributed by atoms with Crippen molar-refractivity contribution in [3.8, 4) is 11.7 Å². The predicted octanol–water partition coefficient (Wildman–Crippen LogP) is 1.95. The molecule has 0 aliphatic rings. The summed E-state index contributed by atoms with van der Waals surface area (Å²) in [6.45, 7) is 3.22. The molecular formula is C23H19N7O4. The number of nitrogens with one attached hydrogen (secondary N) is 2. The zero-order valence-electron chi connectivity index (χ0n) is 18.2. The molecule has 34 heavy (non-hydrogen) atoms. The Morgan fingerprint density at radius 2 is 1.79 bits per heavy atom. The van der Waals surface area contributed by atoms with Gasteiger partial charge in [0.25, 0.3) is 17.4 Å². The molecule has 0 atom stereocenters. The Balaban J connectivity index is 1.41. The number of hydrogen-bond donors (Lipinski definition) is 2. The fourth-order valence-corrected chi connectivity index (χ4v) is 2.89. The Kier molecular flexibility index (Phi) is 6.35. The van der Waals surface area contributed by atoms with E-state index in [2.05, 4.69) is 30.8 Å². The summed E-state index contributed by atoms with van der Waals surface area (Å²) in [5.74, 6) is -0.629. The maximum absolute atomic E-state index is 12.6. The summed E-state index contributed by atoms with van der Waals surface area (Å²) >= 11 is 0. The van der Waals surface area contributed by atoms with Crippen molar-refractivity contribution in [2.75, 3.05) is 0 Å². The highest BCUT2D eigenvalue weighted by molar-refractivity contribution is 5.94. The summed E-state index contributed by atoms with van der Waals surface area (Å²) in [4.78, 5) is 39.1. The van der Waals surface area contributed by atoms with Gasteiger partial charge in [0.05, 0.1) is 17.5 Å². The van der Waals surface area contributed by atoms with Crippen LogP contribution in [-0.4, -0.2) is 43.1 Å². The van der Waals surface area contributed by atoms with Gasteiger partial charge in [-0.25, -0.2) is 10.2 Å². The normalized spacial score (nSPS) is 10.9. The Labute approximate surface area is 193 Å². The van der Waals surface area contributed by atoms with Crippen LogP contribution in [0.5, 0.6) is 5.75 Å². The van der Waals surface area contributed by atoms with Crippen LogP contribution in [0.25, 0.3) is 5.95 Å². The maximum Gasteiger partial charge on any atom is 0.343 e. The quantitative estimate of drug-likeness (QED) is 0.195. The molecule has 0 saturated carbocycles. The van der Waals surface area contributed by atoms with Crippen molar-refractivity contribution in [2.45, 2.75) is 13.8 Å². The SMILES string of the molecule is Cc1cc(C(=O)N/N=C\c2ccc(OC(=O)c3ccccc3)cc2)n(-c2nnc(C)c(=O)[nH]2)n1. The van der Waals surface area contributed by atoms with Crippen LogP contribution >= 0.6 is 0 Å². The van der Waals surface area contributed by atoms with E-state index in [0.717, 1.165) is 0 Å². The molecule has 2 heterocycles. The number of aromatic amines is 1. The van der Waals surface area contributed by atoms with Gasteiger partial charge in [0.15, 0.2) is 0 Å². The van der Waals surface area contributed by atoms with Gasteiger partial charge in [-0.3, -0.25) is 14.6 Å². The topological polar surface area (TPSA) is 144 Å². The minimum absolute atomic E-state index is 0.0125. The molecule has 170 valence electrons. The molecule has 2 N–H and O–H groups in total. The molecule has 0 unspecified atom stereocenters. The molecule has 0 radical (unpaired) electrons. The largest absolute Gasteiger partial charge is 0.423 e. The number of nitrogens with zero attached hydrogens (tertiary/aromatic N) is 5. The van der Waals surface area contributed by atoms with Crippen molar-refractivity contribution in [2.24, 2.45) is 5.10 Å². The number of carbonyl (C=O) groups is 2. The number of benzene rings is 2. The van der Waals surface area contributed by atoms with Crippen LogP contribution in [0.4, 0.5) is 0 Å². The van der Waals surface area contributed by atoms with E-state index in [1.165, 1.54) is 23.9 Å². The van der Waals surface area contributed by atoms with E-state index in [1.54, 1.807) is 55.5 Å². The Bertz CT molecular complexity index is 1420. The van der Waals surface area contributed by atoms with Gasteiger partial charge in [-0.15, -0.1) is 10.2 Å². The maximum atomic E-state index is 12.6. The molecule has 0 saturated heterocycles. The third-order valence-corrected chi connectivity index (χ3v) is 4.59. The number of esters is 1. The zero-order valence-corrected chi connectivity index (χ0v) is 18.2. The highest BCUT2D eigenvalue weighted by atomic mass is 16.5. The van der Waals surface area contributed by atoms with Gasteiger partial charge in [0.1, 0.15) is 17.1 Å². The Hall–Kier alpha value is -4.93. The first-order valence-corrected chi connectivity index (χ1v) is 10.1. The molecule has 2 aromatic carbocycles. The fraction of sp³-hybridized carbons (Fsp3) is 0.0870. The smallest absolute Gasteiger partial charge is 0.343 e. The van der Waals surface area contributed by atoms with Crippen molar-refractivity contribution in [3.05, 3.63) is 99.2 Å². The molecule has 1 amide bonds. The third-order valence-electron chi connectivity index (χ3n) is 4.59. The molecule has 0 aliphatic carbocycles. The average Bonchev–Trinajstić information content (AvgIpc) is 3.24. The minimum Gasteiger partial charge on any atom is -0.423 e. The molecule has 2 aromatic heterocycles. The van der Waals surface area contributed by atoms with Crippen molar-refractivity contribution < 1.29 is 14.3 Å². The summed E-state index contributed by atoms with van der Waals surface area (Å²) < 4.78 is 6.51. The molecule has 11 heteroatoms. The van der Waals surface area contributed by atoms with Crippen LogP contribution in [-0.2, 0) is 0 Å². The molecule has 4 aromatic rings. The van der Waals surface area contributed by atoms with E-state index in [-0.39, 0.29) is 17.3 Å². The fourth-order valence-electron chi connectivity index (χ4n) is 2.89. The van der Waals surface area contributed by atoms with E-state index in [0.29, 0.717) is 22.6 Å². The lowest BCUT2D eigenvalue weighted by molar-refractivity contribution is 0.0734. The van der Waals surface area contributed by atoms with Gasteiger partial charge in [-0.2, -0.15) is 14.9 Å². The van der Waals surface area contributed by atoms with Crippen molar-refractivity contribution in [3.63, 3.8) is 0 Å². The minimum atomic E-state index is -0.562. The van der Waals surface area contributed by atoms with Crippen LogP contribution in [0.15, 0.2) is 70.6 Å². The summed E-state index contributed by atoms with van der Waals surface area (Å²) in [5.41, 5.74) is 3.95. The first-order chi connectivity index (χ1) is 16.4. The van der Waals surface area contributed by atoms with Crippen molar-refractivity contribution >= 4 is 18.1 Å². The number of amides is 1. The second-order valence-electron chi connectivity index (χ2n) is 7.17. The molecule has 4 rings (SSSR count). The molecule has 0 fully saturated rings. The first-order valence-electron chi connectivity index (χ1n) is 10.1. The molecule has 0 bridgehead atoms. The van der Waals surface area contributed by atoms with E-state index in [4.69, 9.17) is 4.74 Å². The average molecular weight is 457 g/mol. The van der Waals surface area contributed by atoms with Crippen LogP contribution in [0, 0.1) is 13.8 Å². The van der Waals surface area contributed by atoms with Crippen LogP contribution in [0.2, 0.25) is 0 Å². The van der Waals surface area contributed by atoms with E-state index in [1.807, 2.05) is 6.07 Å². The van der Waals surface area contributed by atoms with Gasteiger partial charge >= 0.3 is 5.97 Å². The van der Waals surface area contributed by atoms with Gasteiger partial charge in [-0.1, -0.05) is 18.2 Å². The van der Waals surface area contributed by atoms with Gasteiger partial charge in [-0.05, 0) is 61.9 Å². The van der Waals surface area contributed by atoms with Crippen molar-refractivity contribution in [1.82, 2.24) is 30.4 Å². The number of ether oxygens (including phenoxy) is 1. The third kappa shape index (κ3) is 5.10. The lowest BCUT2D eigenvalue weighted by Gasteiger charge is -2.05. The molecule has 0 spiro atoms. The van der Waals surface area contributed by atoms with Crippen LogP contribution in [0.3, 0.4) is 0 Å². The predicted molar refractivity (Wildman–Crippen MR) is 122 cm³/mol. The van der Waals surface area contributed by atoms with Gasteiger partial charge in [0, 0.05) is 0 Å². The number of hydrogen-bond acceptors (Lipinski definition) is 8. The summed E-state index contributed by atoms with van der Waals surface area (Å²) in [5, 5.41) is 15.8. The highest BCUT2D eigenvalue weighted by Crippen LogP contribution is 2.14. The second-order valence-corrected chi connectivity index (χ2v) is 7.17. The Morgan fingerprint density at radius 1 is 1.06 bits per heavy atom. The first kappa shape index (κ1) is 22.3. The second kappa shape index (κ2) is 9.69. The zero-order chi connectivity index (χ0) is 24.1. The monoisotopic (exact) mass is 457 g/mol. The van der Waals surface area contributed by atoms with Crippen LogP contribution < -0.4 is 15.7 Å².